The van der Waals surface area contributed by atoms with Crippen LogP contribution < -0.4 is 0 Å². The molecule has 8 heteroatoms. The monoisotopic (exact) mass is 394 g/mol. The Morgan fingerprint density at radius 1 is 1.04 bits per heavy atom. The Balaban J connectivity index is 1.50. The molecule has 0 fully saturated rings. The van der Waals surface area contributed by atoms with E-state index in [4.69, 9.17) is 11.6 Å². The quantitative estimate of drug-likeness (QED) is 0.499. The number of hydrogen-bond acceptors (Lipinski definition) is 6. The van der Waals surface area contributed by atoms with E-state index in [1.165, 1.54) is 11.8 Å². The van der Waals surface area contributed by atoms with Crippen molar-refractivity contribution >= 4 is 23.4 Å². The standard InChI is InChI=1S/C19H15ClN6S/c1-12-9-16(23-17(22-12)13-4-6-15(20)7-5-13)11-27-19-24-18(25-26-19)14-3-2-8-21-10-14/h2-10H,11H2,1H3,(H,24,25,26). The second-order valence-corrected chi connectivity index (χ2v) is 7.21. The summed E-state index contributed by atoms with van der Waals surface area (Å²) in [5, 5.41) is 8.56. The van der Waals surface area contributed by atoms with Gasteiger partial charge in [0.15, 0.2) is 11.6 Å². The molecule has 0 saturated carbocycles. The first-order valence-electron chi connectivity index (χ1n) is 8.23. The van der Waals surface area contributed by atoms with Crippen LogP contribution in [-0.4, -0.2) is 30.1 Å². The van der Waals surface area contributed by atoms with Gasteiger partial charge in [-0.25, -0.2) is 15.0 Å². The maximum Gasteiger partial charge on any atom is 0.209 e. The maximum absolute atomic E-state index is 5.96. The minimum absolute atomic E-state index is 0.647. The number of nitrogens with one attached hydrogen (secondary N) is 1. The smallest absolute Gasteiger partial charge is 0.209 e. The van der Waals surface area contributed by atoms with Crippen LogP contribution in [0.4, 0.5) is 0 Å². The summed E-state index contributed by atoms with van der Waals surface area (Å²) in [6, 6.07) is 13.3. The summed E-state index contributed by atoms with van der Waals surface area (Å²) in [5.74, 6) is 2.04. The van der Waals surface area contributed by atoms with Crippen molar-refractivity contribution < 1.29 is 0 Å². The molecule has 134 valence electrons. The third-order valence-corrected chi connectivity index (χ3v) is 4.89. The van der Waals surface area contributed by atoms with Gasteiger partial charge in [0.25, 0.3) is 0 Å². The highest BCUT2D eigenvalue weighted by Gasteiger charge is 2.09. The van der Waals surface area contributed by atoms with E-state index in [-0.39, 0.29) is 0 Å². The van der Waals surface area contributed by atoms with E-state index in [1.54, 1.807) is 12.4 Å². The van der Waals surface area contributed by atoms with Gasteiger partial charge >= 0.3 is 0 Å². The van der Waals surface area contributed by atoms with Gasteiger partial charge < -0.3 is 0 Å². The van der Waals surface area contributed by atoms with Gasteiger partial charge in [-0.1, -0.05) is 23.4 Å². The predicted molar refractivity (Wildman–Crippen MR) is 106 cm³/mol. The first kappa shape index (κ1) is 17.6. The van der Waals surface area contributed by atoms with Gasteiger partial charge in [0, 0.05) is 40.0 Å². The molecule has 0 bridgehead atoms. The van der Waals surface area contributed by atoms with Crippen molar-refractivity contribution in [3.63, 3.8) is 0 Å². The zero-order valence-corrected chi connectivity index (χ0v) is 16.0. The number of halogens is 1. The number of H-pyrrole nitrogens is 1. The Morgan fingerprint density at radius 2 is 1.89 bits per heavy atom. The highest BCUT2D eigenvalue weighted by Crippen LogP contribution is 2.24. The summed E-state index contributed by atoms with van der Waals surface area (Å²) in [7, 11) is 0. The molecule has 27 heavy (non-hydrogen) atoms. The van der Waals surface area contributed by atoms with E-state index >= 15 is 0 Å². The van der Waals surface area contributed by atoms with Crippen molar-refractivity contribution in [2.45, 2.75) is 17.8 Å². The number of hydrogen-bond donors (Lipinski definition) is 1. The van der Waals surface area contributed by atoms with Crippen LogP contribution in [0, 0.1) is 6.92 Å². The number of rotatable bonds is 5. The molecule has 6 nitrogen and oxygen atoms in total. The number of nitrogens with zero attached hydrogens (tertiary/aromatic N) is 5. The summed E-state index contributed by atoms with van der Waals surface area (Å²) in [4.78, 5) is 17.8. The van der Waals surface area contributed by atoms with Crippen molar-refractivity contribution in [3.05, 3.63) is 71.3 Å². The normalized spacial score (nSPS) is 10.9. The summed E-state index contributed by atoms with van der Waals surface area (Å²) < 4.78 is 0. The van der Waals surface area contributed by atoms with Crippen LogP contribution in [-0.2, 0) is 5.75 Å². The van der Waals surface area contributed by atoms with Gasteiger partial charge in [-0.2, -0.15) is 0 Å². The van der Waals surface area contributed by atoms with Crippen LogP contribution in [0.2, 0.25) is 5.02 Å². The predicted octanol–water partition coefficient (Wildman–Crippen LogP) is 4.58. The molecule has 4 rings (SSSR count). The molecule has 0 saturated heterocycles. The summed E-state index contributed by atoms with van der Waals surface area (Å²) in [6.07, 6.45) is 3.48. The minimum Gasteiger partial charge on any atom is -0.264 e. The molecule has 0 aliphatic carbocycles. The Morgan fingerprint density at radius 3 is 2.67 bits per heavy atom. The van der Waals surface area contributed by atoms with E-state index < -0.39 is 0 Å². The van der Waals surface area contributed by atoms with Gasteiger partial charge in [0.2, 0.25) is 5.16 Å². The molecule has 1 aromatic carbocycles. The summed E-state index contributed by atoms with van der Waals surface area (Å²) in [5.41, 5.74) is 3.67. The number of benzene rings is 1. The molecule has 4 aromatic rings. The molecule has 0 spiro atoms. The van der Waals surface area contributed by atoms with Gasteiger partial charge in [-0.05, 0) is 49.4 Å². The van der Waals surface area contributed by atoms with E-state index in [1.807, 2.05) is 49.4 Å². The number of aromatic amines is 1. The van der Waals surface area contributed by atoms with Crippen LogP contribution in [0.25, 0.3) is 22.8 Å². The zero-order chi connectivity index (χ0) is 18.6. The average molecular weight is 395 g/mol. The lowest BCUT2D eigenvalue weighted by molar-refractivity contribution is 0.969. The summed E-state index contributed by atoms with van der Waals surface area (Å²) >= 11 is 7.48. The van der Waals surface area contributed by atoms with Crippen molar-refractivity contribution in [2.24, 2.45) is 0 Å². The summed E-state index contributed by atoms with van der Waals surface area (Å²) in [6.45, 7) is 1.96. The second kappa shape index (κ2) is 7.85. The van der Waals surface area contributed by atoms with Crippen LogP contribution in [0.15, 0.2) is 60.0 Å². The molecular formula is C19H15ClN6S. The number of pyridine rings is 1. The molecular weight excluding hydrogens is 380 g/mol. The van der Waals surface area contributed by atoms with Crippen molar-refractivity contribution in [1.29, 1.82) is 0 Å². The van der Waals surface area contributed by atoms with E-state index in [2.05, 4.69) is 30.1 Å². The number of thioether (sulfide) groups is 1. The van der Waals surface area contributed by atoms with Crippen LogP contribution in [0.3, 0.4) is 0 Å². The van der Waals surface area contributed by atoms with E-state index in [0.717, 1.165) is 22.5 Å². The van der Waals surface area contributed by atoms with Gasteiger partial charge in [0.05, 0.1) is 5.69 Å². The number of aromatic nitrogens is 6. The van der Waals surface area contributed by atoms with Crippen molar-refractivity contribution in [1.82, 2.24) is 30.1 Å². The minimum atomic E-state index is 0.647. The third kappa shape index (κ3) is 4.32. The fourth-order valence-electron chi connectivity index (χ4n) is 2.52. The highest BCUT2D eigenvalue weighted by molar-refractivity contribution is 7.98. The fraction of sp³-hybridized carbons (Fsp3) is 0.105. The topological polar surface area (TPSA) is 80.2 Å². The molecule has 0 aliphatic rings. The third-order valence-electron chi connectivity index (χ3n) is 3.76. The zero-order valence-electron chi connectivity index (χ0n) is 14.4. The Labute approximate surface area is 165 Å². The lowest BCUT2D eigenvalue weighted by atomic mass is 10.2. The van der Waals surface area contributed by atoms with Crippen LogP contribution in [0.1, 0.15) is 11.4 Å². The lowest BCUT2D eigenvalue weighted by Crippen LogP contribution is -1.97. The van der Waals surface area contributed by atoms with Crippen molar-refractivity contribution in [3.8, 4) is 22.8 Å². The molecule has 0 amide bonds. The number of aryl methyl sites for hydroxylation is 1. The van der Waals surface area contributed by atoms with Crippen LogP contribution >= 0.6 is 23.4 Å². The Kier molecular flexibility index (Phi) is 5.13. The molecule has 0 aliphatic heterocycles. The molecule has 0 atom stereocenters. The Hall–Kier alpha value is -2.77. The lowest BCUT2D eigenvalue weighted by Gasteiger charge is -2.05. The second-order valence-electron chi connectivity index (χ2n) is 5.83. The largest absolute Gasteiger partial charge is 0.264 e. The van der Waals surface area contributed by atoms with Gasteiger partial charge in [-0.15, -0.1) is 5.10 Å². The van der Waals surface area contributed by atoms with Crippen molar-refractivity contribution in [2.75, 3.05) is 0 Å². The van der Waals surface area contributed by atoms with Crippen LogP contribution in [0.5, 0.6) is 0 Å². The van der Waals surface area contributed by atoms with Gasteiger partial charge in [-0.3, -0.25) is 10.1 Å². The fourth-order valence-corrected chi connectivity index (χ4v) is 3.33. The molecule has 3 heterocycles. The maximum atomic E-state index is 5.96. The molecule has 1 N–H and O–H groups in total. The van der Waals surface area contributed by atoms with E-state index in [9.17, 15) is 0 Å². The SMILES string of the molecule is Cc1cc(CSc2n[nH]c(-c3cccnc3)n2)nc(-c2ccc(Cl)cc2)n1. The van der Waals surface area contributed by atoms with E-state index in [0.29, 0.717) is 27.6 Å². The van der Waals surface area contributed by atoms with Gasteiger partial charge in [0.1, 0.15) is 0 Å². The highest BCUT2D eigenvalue weighted by atomic mass is 35.5. The first-order chi connectivity index (χ1) is 13.2. The molecule has 0 radical (unpaired) electrons. The Bertz CT molecular complexity index is 1050. The first-order valence-corrected chi connectivity index (χ1v) is 9.60. The average Bonchev–Trinajstić information content (AvgIpc) is 3.16. The molecule has 0 unspecified atom stereocenters. The molecule has 3 aromatic heterocycles.